The van der Waals surface area contributed by atoms with Crippen LogP contribution >= 0.6 is 0 Å². The zero-order valence-corrected chi connectivity index (χ0v) is 12.6. The Morgan fingerprint density at radius 1 is 1.30 bits per heavy atom. The van der Waals surface area contributed by atoms with E-state index in [0.29, 0.717) is 0 Å². The molecule has 7 heteroatoms. The van der Waals surface area contributed by atoms with Crippen LogP contribution in [0.4, 0.5) is 11.4 Å². The van der Waals surface area contributed by atoms with Gasteiger partial charge in [0, 0.05) is 25.3 Å². The maximum absolute atomic E-state index is 12.2. The van der Waals surface area contributed by atoms with E-state index in [0.717, 1.165) is 11.6 Å². The summed E-state index contributed by atoms with van der Waals surface area (Å²) in [7, 11) is 1.55. The summed E-state index contributed by atoms with van der Waals surface area (Å²) in [5.41, 5.74) is 6.35. The molecule has 0 spiro atoms. The molecule has 0 saturated carbocycles. The highest BCUT2D eigenvalue weighted by molar-refractivity contribution is 5.95. The van der Waals surface area contributed by atoms with Crippen molar-refractivity contribution in [3.63, 3.8) is 0 Å². The first-order valence-corrected chi connectivity index (χ1v) is 6.92. The molecule has 2 aromatic rings. The Morgan fingerprint density at radius 2 is 2.00 bits per heavy atom. The molecule has 120 valence electrons. The Kier molecular flexibility index (Phi) is 5.27. The Bertz CT molecular complexity index is 704. The fourth-order valence-electron chi connectivity index (χ4n) is 2.14. The van der Waals surface area contributed by atoms with Gasteiger partial charge in [-0.1, -0.05) is 30.3 Å². The van der Waals surface area contributed by atoms with Gasteiger partial charge in [0.25, 0.3) is 11.6 Å². The van der Waals surface area contributed by atoms with Crippen molar-refractivity contribution in [1.82, 2.24) is 5.32 Å². The van der Waals surface area contributed by atoms with Crippen LogP contribution in [0.3, 0.4) is 0 Å². The van der Waals surface area contributed by atoms with E-state index in [1.165, 1.54) is 12.1 Å². The van der Waals surface area contributed by atoms with E-state index in [1.807, 2.05) is 30.3 Å². The van der Waals surface area contributed by atoms with Crippen molar-refractivity contribution >= 4 is 17.3 Å². The van der Waals surface area contributed by atoms with Crippen molar-refractivity contribution in [2.75, 3.05) is 19.4 Å². The van der Waals surface area contributed by atoms with Crippen molar-refractivity contribution < 1.29 is 14.5 Å². The Morgan fingerprint density at radius 3 is 2.61 bits per heavy atom. The molecule has 2 rings (SSSR count). The van der Waals surface area contributed by atoms with Crippen LogP contribution in [0.5, 0.6) is 0 Å². The Hall–Kier alpha value is -2.93. The molecule has 1 atom stereocenters. The number of hydrogen-bond acceptors (Lipinski definition) is 5. The molecule has 1 unspecified atom stereocenters. The molecule has 23 heavy (non-hydrogen) atoms. The lowest BCUT2D eigenvalue weighted by atomic mass is 10.1. The molecule has 7 nitrogen and oxygen atoms in total. The van der Waals surface area contributed by atoms with Gasteiger partial charge in [-0.15, -0.1) is 0 Å². The van der Waals surface area contributed by atoms with E-state index in [-0.39, 0.29) is 29.6 Å². The van der Waals surface area contributed by atoms with Gasteiger partial charge in [0.05, 0.1) is 11.0 Å². The summed E-state index contributed by atoms with van der Waals surface area (Å²) in [5.74, 6) is -0.425. The summed E-state index contributed by atoms with van der Waals surface area (Å²) in [5, 5.41) is 13.6. The number of rotatable bonds is 6. The number of carbonyl (C=O) groups is 1. The van der Waals surface area contributed by atoms with E-state index < -0.39 is 10.8 Å². The average Bonchev–Trinajstić information content (AvgIpc) is 2.56. The monoisotopic (exact) mass is 315 g/mol. The second kappa shape index (κ2) is 7.37. The zero-order chi connectivity index (χ0) is 16.8. The first-order chi connectivity index (χ1) is 11.0. The number of methoxy groups -OCH3 is 1. The Balaban J connectivity index is 2.07. The smallest absolute Gasteiger partial charge is 0.292 e. The second-order valence-corrected chi connectivity index (χ2v) is 4.88. The lowest BCUT2D eigenvalue weighted by molar-refractivity contribution is -0.383. The van der Waals surface area contributed by atoms with Gasteiger partial charge in [0.2, 0.25) is 0 Å². The summed E-state index contributed by atoms with van der Waals surface area (Å²) in [4.78, 5) is 22.4. The van der Waals surface area contributed by atoms with Crippen LogP contribution < -0.4 is 11.1 Å². The number of nitro groups is 1. The number of amides is 1. The lowest BCUT2D eigenvalue weighted by Crippen LogP contribution is -2.29. The fourth-order valence-corrected chi connectivity index (χ4v) is 2.14. The zero-order valence-electron chi connectivity index (χ0n) is 12.6. The van der Waals surface area contributed by atoms with Gasteiger partial charge >= 0.3 is 0 Å². The number of carbonyl (C=O) groups excluding carboxylic acids is 1. The number of nitrogens with zero attached hydrogens (tertiary/aromatic N) is 1. The summed E-state index contributed by atoms with van der Waals surface area (Å²) in [6, 6.07) is 13.4. The highest BCUT2D eigenvalue weighted by Gasteiger charge is 2.17. The fraction of sp³-hybridized carbons (Fsp3) is 0.188. The summed E-state index contributed by atoms with van der Waals surface area (Å²) < 4.78 is 5.36. The summed E-state index contributed by atoms with van der Waals surface area (Å²) >= 11 is 0. The topological polar surface area (TPSA) is 107 Å². The normalized spacial score (nSPS) is 11.7. The second-order valence-electron chi connectivity index (χ2n) is 4.88. The molecule has 0 saturated heterocycles. The molecule has 0 aliphatic rings. The minimum atomic E-state index is -0.617. The number of anilines is 1. The quantitative estimate of drug-likeness (QED) is 0.483. The van der Waals surface area contributed by atoms with Crippen LogP contribution in [-0.2, 0) is 4.74 Å². The third-order valence-electron chi connectivity index (χ3n) is 3.39. The van der Waals surface area contributed by atoms with Crippen molar-refractivity contribution in [2.45, 2.75) is 6.10 Å². The number of benzene rings is 2. The molecule has 0 aliphatic heterocycles. The molecule has 0 bridgehead atoms. The van der Waals surface area contributed by atoms with Crippen LogP contribution in [0.25, 0.3) is 0 Å². The van der Waals surface area contributed by atoms with Gasteiger partial charge in [0.15, 0.2) is 0 Å². The van der Waals surface area contributed by atoms with Crippen molar-refractivity contribution in [3.8, 4) is 0 Å². The van der Waals surface area contributed by atoms with Gasteiger partial charge < -0.3 is 15.8 Å². The van der Waals surface area contributed by atoms with Crippen LogP contribution in [0.2, 0.25) is 0 Å². The molecule has 1 amide bonds. The Labute approximate surface area is 133 Å². The number of nitrogens with two attached hydrogens (primary N) is 1. The third kappa shape index (κ3) is 4.04. The number of nitrogens with one attached hydrogen (secondary N) is 1. The summed E-state index contributed by atoms with van der Waals surface area (Å²) in [6.45, 7) is 0.248. The number of ether oxygens (including phenoxy) is 1. The first-order valence-electron chi connectivity index (χ1n) is 6.92. The van der Waals surface area contributed by atoms with E-state index in [2.05, 4.69) is 5.32 Å². The molecule has 2 aromatic carbocycles. The van der Waals surface area contributed by atoms with Gasteiger partial charge in [-0.3, -0.25) is 14.9 Å². The largest absolute Gasteiger partial charge is 0.393 e. The van der Waals surface area contributed by atoms with Gasteiger partial charge in [-0.2, -0.15) is 0 Å². The SMILES string of the molecule is COC(CNC(=O)c1ccc(N)c([N+](=O)[O-])c1)c1ccccc1. The maximum atomic E-state index is 12.2. The highest BCUT2D eigenvalue weighted by Crippen LogP contribution is 2.22. The minimum Gasteiger partial charge on any atom is -0.393 e. The molecule has 3 N–H and O–H groups in total. The van der Waals surface area contributed by atoms with Crippen molar-refractivity contribution in [1.29, 1.82) is 0 Å². The lowest BCUT2D eigenvalue weighted by Gasteiger charge is -2.16. The maximum Gasteiger partial charge on any atom is 0.292 e. The third-order valence-corrected chi connectivity index (χ3v) is 3.39. The van der Waals surface area contributed by atoms with Crippen molar-refractivity contribution in [2.24, 2.45) is 0 Å². The summed E-state index contributed by atoms with van der Waals surface area (Å²) in [6.07, 6.45) is -0.302. The van der Waals surface area contributed by atoms with Crippen molar-refractivity contribution in [3.05, 3.63) is 69.8 Å². The van der Waals surface area contributed by atoms with E-state index >= 15 is 0 Å². The average molecular weight is 315 g/mol. The number of nitrogen functional groups attached to an aromatic ring is 1. The molecule has 0 aliphatic carbocycles. The molecule has 0 fully saturated rings. The van der Waals surface area contributed by atoms with Gasteiger partial charge in [-0.25, -0.2) is 0 Å². The predicted octanol–water partition coefficient (Wildman–Crippen LogP) is 2.29. The van der Waals surface area contributed by atoms with E-state index in [4.69, 9.17) is 10.5 Å². The van der Waals surface area contributed by atoms with Crippen LogP contribution in [0.15, 0.2) is 48.5 Å². The molecular formula is C16H17N3O4. The van der Waals surface area contributed by atoms with Crippen LogP contribution in [0.1, 0.15) is 22.0 Å². The van der Waals surface area contributed by atoms with Gasteiger partial charge in [-0.05, 0) is 17.7 Å². The molecule has 0 radical (unpaired) electrons. The molecule has 0 heterocycles. The standard InChI is InChI=1S/C16H17N3O4/c1-23-15(11-5-3-2-4-6-11)10-18-16(20)12-7-8-13(17)14(9-12)19(21)22/h2-9,15H,10,17H2,1H3,(H,18,20). The van der Waals surface area contributed by atoms with E-state index in [1.54, 1.807) is 7.11 Å². The van der Waals surface area contributed by atoms with Crippen LogP contribution in [0, 0.1) is 10.1 Å². The van der Waals surface area contributed by atoms with Crippen LogP contribution in [-0.4, -0.2) is 24.5 Å². The number of hydrogen-bond donors (Lipinski definition) is 2. The van der Waals surface area contributed by atoms with E-state index in [9.17, 15) is 14.9 Å². The minimum absolute atomic E-state index is 0.0191. The van der Waals surface area contributed by atoms with Gasteiger partial charge in [0.1, 0.15) is 5.69 Å². The predicted molar refractivity (Wildman–Crippen MR) is 86.0 cm³/mol. The molecule has 0 aromatic heterocycles. The molecular weight excluding hydrogens is 298 g/mol. The number of nitro benzene ring substituents is 1. The first kappa shape index (κ1) is 16.4. The highest BCUT2D eigenvalue weighted by atomic mass is 16.6.